The summed E-state index contributed by atoms with van der Waals surface area (Å²) in [5.41, 5.74) is 1.90. The highest BCUT2D eigenvalue weighted by Gasteiger charge is 2.04. The predicted octanol–water partition coefficient (Wildman–Crippen LogP) is 4.13. The lowest BCUT2D eigenvalue weighted by molar-refractivity contribution is 0.247. The van der Waals surface area contributed by atoms with Gasteiger partial charge in [0.15, 0.2) is 0 Å². The summed E-state index contributed by atoms with van der Waals surface area (Å²) in [6, 6.07) is 15.0. The van der Waals surface area contributed by atoms with Gasteiger partial charge in [-0.25, -0.2) is 4.79 Å². The van der Waals surface area contributed by atoms with E-state index in [0.717, 1.165) is 36.0 Å². The summed E-state index contributed by atoms with van der Waals surface area (Å²) in [5.74, 6) is 1.49. The largest absolute Gasteiger partial charge is 0.494 e. The van der Waals surface area contributed by atoms with E-state index in [-0.39, 0.29) is 6.03 Å². The molecule has 2 N–H and O–H groups in total. The van der Waals surface area contributed by atoms with Crippen molar-refractivity contribution < 1.29 is 14.3 Å². The van der Waals surface area contributed by atoms with Crippen LogP contribution in [0.4, 0.5) is 16.2 Å². The summed E-state index contributed by atoms with van der Waals surface area (Å²) in [4.78, 5) is 14.2. The van der Waals surface area contributed by atoms with E-state index in [9.17, 15) is 4.79 Å². The standard InChI is InChI=1S/C21H29N3O3/c1-4-24(5-2)18-12-10-17(11-13-18)23-21(25)22-14-15-27-20-9-7-8-19(16-20)26-6-3/h7-13,16H,4-6,14-15H2,1-3H3,(H2,22,23,25). The molecule has 0 saturated carbocycles. The summed E-state index contributed by atoms with van der Waals surface area (Å²) in [5, 5.41) is 5.61. The van der Waals surface area contributed by atoms with Crippen molar-refractivity contribution in [1.82, 2.24) is 5.32 Å². The molecule has 0 heterocycles. The summed E-state index contributed by atoms with van der Waals surface area (Å²) >= 11 is 0. The van der Waals surface area contributed by atoms with Gasteiger partial charge >= 0.3 is 6.03 Å². The van der Waals surface area contributed by atoms with Gasteiger partial charge in [0.2, 0.25) is 0 Å². The van der Waals surface area contributed by atoms with E-state index in [1.54, 1.807) is 0 Å². The smallest absolute Gasteiger partial charge is 0.319 e. The predicted molar refractivity (Wildman–Crippen MR) is 110 cm³/mol. The van der Waals surface area contributed by atoms with Crippen LogP contribution in [0, 0.1) is 0 Å². The molecule has 0 atom stereocenters. The van der Waals surface area contributed by atoms with E-state index in [1.165, 1.54) is 0 Å². The molecular weight excluding hydrogens is 342 g/mol. The topological polar surface area (TPSA) is 62.8 Å². The van der Waals surface area contributed by atoms with E-state index < -0.39 is 0 Å². The van der Waals surface area contributed by atoms with Crippen molar-refractivity contribution in [2.75, 3.05) is 43.1 Å². The lowest BCUT2D eigenvalue weighted by atomic mass is 10.2. The molecule has 6 nitrogen and oxygen atoms in total. The lowest BCUT2D eigenvalue weighted by Gasteiger charge is -2.21. The molecule has 27 heavy (non-hydrogen) atoms. The average molecular weight is 371 g/mol. The number of nitrogens with one attached hydrogen (secondary N) is 2. The first-order chi connectivity index (χ1) is 13.2. The molecule has 2 amide bonds. The zero-order valence-corrected chi connectivity index (χ0v) is 16.3. The van der Waals surface area contributed by atoms with Gasteiger partial charge in [0.05, 0.1) is 13.2 Å². The number of carbonyl (C=O) groups excluding carboxylic acids is 1. The molecule has 0 aromatic heterocycles. The highest BCUT2D eigenvalue weighted by atomic mass is 16.5. The number of urea groups is 1. The van der Waals surface area contributed by atoms with Gasteiger partial charge in [0, 0.05) is 30.5 Å². The molecular formula is C21H29N3O3. The molecule has 0 fully saturated rings. The van der Waals surface area contributed by atoms with Crippen molar-refractivity contribution in [1.29, 1.82) is 0 Å². The van der Waals surface area contributed by atoms with Crippen molar-refractivity contribution >= 4 is 17.4 Å². The Kier molecular flexibility index (Phi) is 8.29. The molecule has 0 aliphatic heterocycles. The number of nitrogens with zero attached hydrogens (tertiary/aromatic N) is 1. The highest BCUT2D eigenvalue weighted by Crippen LogP contribution is 2.19. The van der Waals surface area contributed by atoms with Crippen LogP contribution in [-0.2, 0) is 0 Å². The Labute approximate surface area is 161 Å². The van der Waals surface area contributed by atoms with Crippen LogP contribution >= 0.6 is 0 Å². The summed E-state index contributed by atoms with van der Waals surface area (Å²) in [6.07, 6.45) is 0. The van der Waals surface area contributed by atoms with Crippen LogP contribution in [0.1, 0.15) is 20.8 Å². The van der Waals surface area contributed by atoms with Gasteiger partial charge < -0.3 is 25.0 Å². The second-order valence-electron chi connectivity index (χ2n) is 5.86. The van der Waals surface area contributed by atoms with Crippen molar-refractivity contribution in [2.45, 2.75) is 20.8 Å². The van der Waals surface area contributed by atoms with Gasteiger partial charge in [-0.1, -0.05) is 6.07 Å². The Morgan fingerprint density at radius 1 is 0.963 bits per heavy atom. The van der Waals surface area contributed by atoms with E-state index in [1.807, 2.05) is 55.5 Å². The fourth-order valence-corrected chi connectivity index (χ4v) is 2.67. The van der Waals surface area contributed by atoms with Crippen LogP contribution in [0.3, 0.4) is 0 Å². The molecule has 2 aromatic carbocycles. The van der Waals surface area contributed by atoms with Gasteiger partial charge in [-0.3, -0.25) is 0 Å². The van der Waals surface area contributed by atoms with Crippen LogP contribution < -0.4 is 25.0 Å². The van der Waals surface area contributed by atoms with Gasteiger partial charge in [-0.05, 0) is 57.2 Å². The summed E-state index contributed by atoms with van der Waals surface area (Å²) in [6.45, 7) is 9.49. The van der Waals surface area contributed by atoms with E-state index in [4.69, 9.17) is 9.47 Å². The number of hydrogen-bond donors (Lipinski definition) is 2. The quantitative estimate of drug-likeness (QED) is 0.617. The minimum atomic E-state index is -0.253. The van der Waals surface area contributed by atoms with Crippen LogP contribution in [0.2, 0.25) is 0 Å². The first-order valence-corrected chi connectivity index (χ1v) is 9.41. The normalized spacial score (nSPS) is 10.2. The summed E-state index contributed by atoms with van der Waals surface area (Å²) in [7, 11) is 0. The molecule has 0 bridgehead atoms. The number of hydrogen-bond acceptors (Lipinski definition) is 4. The zero-order chi connectivity index (χ0) is 19.5. The maximum atomic E-state index is 12.0. The van der Waals surface area contributed by atoms with Crippen LogP contribution in [0.15, 0.2) is 48.5 Å². The number of amides is 2. The first kappa shape index (κ1) is 20.4. The third-order valence-electron chi connectivity index (χ3n) is 4.03. The van der Waals surface area contributed by atoms with Gasteiger partial charge in [-0.15, -0.1) is 0 Å². The molecule has 0 radical (unpaired) electrons. The molecule has 0 aliphatic carbocycles. The minimum Gasteiger partial charge on any atom is -0.494 e. The van der Waals surface area contributed by atoms with E-state index >= 15 is 0 Å². The second-order valence-corrected chi connectivity index (χ2v) is 5.86. The van der Waals surface area contributed by atoms with Gasteiger partial charge in [-0.2, -0.15) is 0 Å². The van der Waals surface area contributed by atoms with Crippen LogP contribution in [0.5, 0.6) is 11.5 Å². The van der Waals surface area contributed by atoms with Crippen molar-refractivity contribution in [3.63, 3.8) is 0 Å². The molecule has 0 aliphatic rings. The maximum Gasteiger partial charge on any atom is 0.319 e. The Bertz CT molecular complexity index is 700. The molecule has 2 aromatic rings. The van der Waals surface area contributed by atoms with Crippen LogP contribution in [0.25, 0.3) is 0 Å². The number of carbonyl (C=O) groups is 1. The molecule has 146 valence electrons. The van der Waals surface area contributed by atoms with E-state index in [2.05, 4.69) is 29.4 Å². The number of ether oxygens (including phenoxy) is 2. The Balaban J connectivity index is 1.72. The molecule has 2 rings (SSSR count). The molecule has 0 spiro atoms. The van der Waals surface area contributed by atoms with Crippen molar-refractivity contribution in [2.24, 2.45) is 0 Å². The summed E-state index contributed by atoms with van der Waals surface area (Å²) < 4.78 is 11.1. The monoisotopic (exact) mass is 371 g/mol. The van der Waals surface area contributed by atoms with E-state index in [0.29, 0.717) is 19.8 Å². The Hall–Kier alpha value is -2.89. The zero-order valence-electron chi connectivity index (χ0n) is 16.3. The maximum absolute atomic E-state index is 12.0. The average Bonchev–Trinajstić information content (AvgIpc) is 2.68. The molecule has 0 saturated heterocycles. The first-order valence-electron chi connectivity index (χ1n) is 9.41. The Morgan fingerprint density at radius 2 is 1.63 bits per heavy atom. The number of rotatable bonds is 10. The SMILES string of the molecule is CCOc1cccc(OCCNC(=O)Nc2ccc(N(CC)CC)cc2)c1. The fourth-order valence-electron chi connectivity index (χ4n) is 2.67. The third-order valence-corrected chi connectivity index (χ3v) is 4.03. The van der Waals surface area contributed by atoms with Gasteiger partial charge in [0.25, 0.3) is 0 Å². The molecule has 6 heteroatoms. The number of anilines is 2. The minimum absolute atomic E-state index is 0.253. The van der Waals surface area contributed by atoms with Gasteiger partial charge in [0.1, 0.15) is 18.1 Å². The highest BCUT2D eigenvalue weighted by molar-refractivity contribution is 5.89. The number of benzene rings is 2. The fraction of sp³-hybridized carbons (Fsp3) is 0.381. The van der Waals surface area contributed by atoms with Crippen LogP contribution in [-0.4, -0.2) is 38.9 Å². The molecule has 0 unspecified atom stereocenters. The van der Waals surface area contributed by atoms with Crippen molar-refractivity contribution in [3.05, 3.63) is 48.5 Å². The van der Waals surface area contributed by atoms with Crippen molar-refractivity contribution in [3.8, 4) is 11.5 Å². The lowest BCUT2D eigenvalue weighted by Crippen LogP contribution is -2.32. The third kappa shape index (κ3) is 6.73. The second kappa shape index (κ2) is 11.0. The Morgan fingerprint density at radius 3 is 2.26 bits per heavy atom.